The summed E-state index contributed by atoms with van der Waals surface area (Å²) in [5.41, 5.74) is -2.38. The zero-order chi connectivity index (χ0) is 11.5. The van der Waals surface area contributed by atoms with Crippen molar-refractivity contribution < 1.29 is 25.5 Å². The van der Waals surface area contributed by atoms with Crippen LogP contribution in [0.25, 0.3) is 0 Å². The fourth-order valence-electron chi connectivity index (χ4n) is 2.26. The molecule has 1 aliphatic rings. The van der Waals surface area contributed by atoms with Crippen molar-refractivity contribution in [2.45, 2.75) is 30.3 Å². The Hall–Kier alpha value is -0.240. The Kier molecular flexibility index (Phi) is 4.05. The number of hydrogen-bond donors (Lipinski definition) is 5. The Morgan fingerprint density at radius 1 is 0.867 bits per heavy atom. The number of piperidine rings is 1. The lowest BCUT2D eigenvalue weighted by atomic mass is 9.79. The Morgan fingerprint density at radius 2 is 1.20 bits per heavy atom. The minimum Gasteiger partial charge on any atom is -0.633 e. The van der Waals surface area contributed by atoms with Gasteiger partial charge in [-0.05, 0) is 6.42 Å². The van der Waals surface area contributed by atoms with Crippen LogP contribution < -0.4 is 5.06 Å². The zero-order valence-electron chi connectivity index (χ0n) is 8.65. The van der Waals surface area contributed by atoms with Crippen LogP contribution in [0.5, 0.6) is 0 Å². The molecule has 1 fully saturated rings. The van der Waals surface area contributed by atoms with Gasteiger partial charge in [0.1, 0.15) is 37.5 Å². The summed E-state index contributed by atoms with van der Waals surface area (Å²) in [7, 11) is 0. The van der Waals surface area contributed by atoms with Crippen LogP contribution >= 0.6 is 0 Å². The number of hydrogen-bond acceptors (Lipinski definition) is 5. The minimum absolute atomic E-state index is 0.403. The molecule has 5 N–H and O–H groups in total. The molecule has 0 radical (unpaired) electrons. The van der Waals surface area contributed by atoms with E-state index in [4.69, 9.17) is 0 Å². The van der Waals surface area contributed by atoms with E-state index in [9.17, 15) is 25.6 Å². The van der Waals surface area contributed by atoms with Crippen LogP contribution in [0.15, 0.2) is 0 Å². The molecule has 0 amide bonds. The second-order valence-electron chi connectivity index (χ2n) is 4.38. The van der Waals surface area contributed by atoms with Crippen molar-refractivity contribution in [3.8, 4) is 0 Å². The standard InChI is InChI=1S/C9H19NO5/c11-4-8(5-12)2-1-3-9(6-13,7-14)10(8)15/h10-14H,1-7H2. The van der Waals surface area contributed by atoms with Crippen molar-refractivity contribution in [2.24, 2.45) is 0 Å². The van der Waals surface area contributed by atoms with Gasteiger partial charge >= 0.3 is 0 Å². The zero-order valence-corrected chi connectivity index (χ0v) is 8.65. The van der Waals surface area contributed by atoms with Gasteiger partial charge in [0.05, 0.1) is 0 Å². The number of hydroxylamine groups is 2. The first-order chi connectivity index (χ1) is 7.10. The molecule has 90 valence electrons. The van der Waals surface area contributed by atoms with E-state index >= 15 is 0 Å². The highest BCUT2D eigenvalue weighted by atomic mass is 16.5. The summed E-state index contributed by atoms with van der Waals surface area (Å²) in [5, 5.41) is 48.4. The van der Waals surface area contributed by atoms with E-state index in [1.165, 1.54) is 0 Å². The van der Waals surface area contributed by atoms with Gasteiger partial charge < -0.3 is 30.7 Å². The molecule has 0 saturated carbocycles. The van der Waals surface area contributed by atoms with E-state index in [0.717, 1.165) is 0 Å². The molecule has 1 saturated heterocycles. The second-order valence-corrected chi connectivity index (χ2v) is 4.38. The molecule has 0 bridgehead atoms. The minimum atomic E-state index is -1.19. The van der Waals surface area contributed by atoms with Crippen molar-refractivity contribution in [2.75, 3.05) is 26.4 Å². The summed E-state index contributed by atoms with van der Waals surface area (Å²) in [6.45, 7) is -1.76. The Morgan fingerprint density at radius 3 is 1.47 bits per heavy atom. The van der Waals surface area contributed by atoms with Crippen LogP contribution in [0.4, 0.5) is 0 Å². The lowest BCUT2D eigenvalue weighted by Crippen LogP contribution is -3.27. The van der Waals surface area contributed by atoms with E-state index in [-0.39, 0.29) is 0 Å². The van der Waals surface area contributed by atoms with Crippen LogP contribution in [0, 0.1) is 5.21 Å². The maximum atomic E-state index is 12.1. The number of nitrogens with one attached hydrogen (secondary N) is 1. The van der Waals surface area contributed by atoms with E-state index in [0.29, 0.717) is 19.3 Å². The molecular weight excluding hydrogens is 202 g/mol. The monoisotopic (exact) mass is 221 g/mol. The molecule has 6 nitrogen and oxygen atoms in total. The molecule has 0 aliphatic carbocycles. The normalized spacial score (nSPS) is 25.4. The maximum absolute atomic E-state index is 12.1. The van der Waals surface area contributed by atoms with Crippen molar-refractivity contribution in [3.05, 3.63) is 5.21 Å². The molecule has 0 atom stereocenters. The fourth-order valence-corrected chi connectivity index (χ4v) is 2.26. The highest BCUT2D eigenvalue weighted by molar-refractivity contribution is 4.91. The van der Waals surface area contributed by atoms with Crippen LogP contribution in [-0.2, 0) is 0 Å². The first-order valence-electron chi connectivity index (χ1n) is 5.09. The van der Waals surface area contributed by atoms with E-state index in [1.54, 1.807) is 0 Å². The summed E-state index contributed by atoms with van der Waals surface area (Å²) in [4.78, 5) is 0. The molecule has 0 unspecified atom stereocenters. The van der Waals surface area contributed by atoms with Gasteiger partial charge in [-0.25, -0.2) is 0 Å². The number of aliphatic hydroxyl groups excluding tert-OH is 4. The SMILES string of the molecule is [O-][NH+]1C(CO)(CO)CCCC1(CO)CO. The van der Waals surface area contributed by atoms with Gasteiger partial charge in [0.15, 0.2) is 0 Å². The van der Waals surface area contributed by atoms with Crippen LogP contribution in [0.3, 0.4) is 0 Å². The van der Waals surface area contributed by atoms with Crippen LogP contribution in [-0.4, -0.2) is 57.9 Å². The molecule has 15 heavy (non-hydrogen) atoms. The molecule has 0 spiro atoms. The van der Waals surface area contributed by atoms with Gasteiger partial charge in [-0.3, -0.25) is 0 Å². The number of rotatable bonds is 4. The predicted octanol–water partition coefficient (Wildman–Crippen LogP) is -3.00. The van der Waals surface area contributed by atoms with Crippen molar-refractivity contribution in [1.82, 2.24) is 0 Å². The van der Waals surface area contributed by atoms with Gasteiger partial charge in [0.2, 0.25) is 0 Å². The van der Waals surface area contributed by atoms with E-state index in [2.05, 4.69) is 0 Å². The summed E-state index contributed by atoms with van der Waals surface area (Å²) >= 11 is 0. The van der Waals surface area contributed by atoms with Gasteiger partial charge in [-0.2, -0.15) is 0 Å². The second kappa shape index (κ2) is 4.73. The average Bonchev–Trinajstić information content (AvgIpc) is 2.30. The Bertz CT molecular complexity index is 183. The van der Waals surface area contributed by atoms with Crippen molar-refractivity contribution >= 4 is 0 Å². The molecule has 0 aromatic rings. The average molecular weight is 221 g/mol. The topological polar surface area (TPSA) is 108 Å². The van der Waals surface area contributed by atoms with Crippen LogP contribution in [0.2, 0.25) is 0 Å². The Balaban J connectivity index is 2.95. The molecule has 1 rings (SSSR count). The highest BCUT2D eigenvalue weighted by Crippen LogP contribution is 2.23. The van der Waals surface area contributed by atoms with Gasteiger partial charge in [-0.1, -0.05) is 0 Å². The summed E-state index contributed by atoms with van der Waals surface area (Å²) in [6.07, 6.45) is 1.41. The third kappa shape index (κ3) is 1.89. The molecule has 0 aromatic carbocycles. The molecule has 0 aromatic heterocycles. The molecule has 1 heterocycles. The quantitative estimate of drug-likeness (QED) is 0.325. The molecule has 1 aliphatic heterocycles. The summed E-state index contributed by atoms with van der Waals surface area (Å²) < 4.78 is 0. The third-order valence-electron chi connectivity index (χ3n) is 3.48. The first kappa shape index (κ1) is 12.8. The van der Waals surface area contributed by atoms with Crippen molar-refractivity contribution in [3.63, 3.8) is 0 Å². The van der Waals surface area contributed by atoms with Gasteiger partial charge in [0, 0.05) is 12.8 Å². The largest absolute Gasteiger partial charge is 0.633 e. The lowest BCUT2D eigenvalue weighted by molar-refractivity contribution is -0.965. The summed E-state index contributed by atoms with van der Waals surface area (Å²) in [6, 6.07) is 0. The maximum Gasteiger partial charge on any atom is 0.144 e. The smallest absolute Gasteiger partial charge is 0.144 e. The lowest BCUT2D eigenvalue weighted by Gasteiger charge is -2.54. The number of aliphatic hydroxyl groups is 4. The number of quaternary nitrogens is 1. The first-order valence-corrected chi connectivity index (χ1v) is 5.09. The summed E-state index contributed by atoms with van der Waals surface area (Å²) in [5.74, 6) is 0. The molecule has 6 heteroatoms. The third-order valence-corrected chi connectivity index (χ3v) is 3.48. The van der Waals surface area contributed by atoms with Gasteiger partial charge in [0.25, 0.3) is 0 Å². The highest BCUT2D eigenvalue weighted by Gasteiger charge is 2.51. The predicted molar refractivity (Wildman–Crippen MR) is 52.0 cm³/mol. The van der Waals surface area contributed by atoms with Crippen LogP contribution in [0.1, 0.15) is 19.3 Å². The molecular formula is C9H19NO5. The van der Waals surface area contributed by atoms with E-state index < -0.39 is 42.6 Å². The van der Waals surface area contributed by atoms with Crippen molar-refractivity contribution in [1.29, 1.82) is 0 Å². The Labute approximate surface area is 88.3 Å². The fraction of sp³-hybridized carbons (Fsp3) is 1.00. The van der Waals surface area contributed by atoms with Gasteiger partial charge in [-0.15, -0.1) is 0 Å². The van der Waals surface area contributed by atoms with E-state index in [1.807, 2.05) is 0 Å².